The van der Waals surface area contributed by atoms with Gasteiger partial charge in [-0.15, -0.1) is 10.2 Å². The van der Waals surface area contributed by atoms with Crippen LogP contribution in [0.1, 0.15) is 37.0 Å². The van der Waals surface area contributed by atoms with Gasteiger partial charge in [0.2, 0.25) is 0 Å². The molecular weight excluding hydrogens is 374 g/mol. The number of pyridine rings is 1. The van der Waals surface area contributed by atoms with E-state index >= 15 is 0 Å². The molecule has 0 saturated carbocycles. The van der Waals surface area contributed by atoms with E-state index in [4.69, 9.17) is 4.98 Å². The minimum absolute atomic E-state index is 0.351. The van der Waals surface area contributed by atoms with Crippen LogP contribution in [-0.4, -0.2) is 35.8 Å². The van der Waals surface area contributed by atoms with Gasteiger partial charge in [0.15, 0.2) is 0 Å². The third-order valence-corrected chi connectivity index (χ3v) is 5.77. The first kappa shape index (κ1) is 18.5. The third kappa shape index (κ3) is 3.16. The molecule has 1 aliphatic heterocycles. The van der Waals surface area contributed by atoms with E-state index in [0.717, 1.165) is 48.1 Å². The molecule has 0 unspecified atom stereocenters. The molecular formula is C23H25N7. The minimum Gasteiger partial charge on any atom is -0.364 e. The molecule has 0 radical (unpaired) electrons. The maximum atomic E-state index is 4.96. The number of fused-ring (bicyclic) bond motifs is 1. The highest BCUT2D eigenvalue weighted by Gasteiger charge is 2.25. The molecule has 7 nitrogen and oxygen atoms in total. The molecule has 4 heterocycles. The summed E-state index contributed by atoms with van der Waals surface area (Å²) in [4.78, 5) is 12.0. The largest absolute Gasteiger partial charge is 0.364 e. The standard InChI is InChI=1S/C23H25N7/c1-16(2)22-20(5-4-10-24-22)23-21-13-28(11-12-30(21)17(3)27-23)18-6-8-19(9-7-18)29-14-25-26-15-29/h4-10,14-16H,11-13H2,1-3H3. The molecule has 3 aromatic heterocycles. The van der Waals surface area contributed by atoms with E-state index in [0.29, 0.717) is 5.92 Å². The summed E-state index contributed by atoms with van der Waals surface area (Å²) < 4.78 is 4.26. The highest BCUT2D eigenvalue weighted by Crippen LogP contribution is 2.33. The van der Waals surface area contributed by atoms with Gasteiger partial charge in [-0.25, -0.2) is 4.98 Å². The van der Waals surface area contributed by atoms with Gasteiger partial charge in [0.25, 0.3) is 0 Å². The van der Waals surface area contributed by atoms with Gasteiger partial charge in [-0.3, -0.25) is 9.55 Å². The van der Waals surface area contributed by atoms with Crippen LogP contribution >= 0.6 is 0 Å². The lowest BCUT2D eigenvalue weighted by atomic mass is 10.00. The summed E-state index contributed by atoms with van der Waals surface area (Å²) in [5, 5.41) is 7.77. The highest BCUT2D eigenvalue weighted by atomic mass is 15.2. The number of aryl methyl sites for hydroxylation is 1. The SMILES string of the molecule is Cc1nc(-c2cccnc2C(C)C)c2n1CCN(c1ccc(-n3cnnc3)cc1)C2. The molecule has 4 aromatic rings. The summed E-state index contributed by atoms with van der Waals surface area (Å²) in [6.07, 6.45) is 5.30. The minimum atomic E-state index is 0.351. The second kappa shape index (κ2) is 7.40. The fraction of sp³-hybridized carbons (Fsp3) is 0.304. The Bertz CT molecular complexity index is 1160. The van der Waals surface area contributed by atoms with E-state index < -0.39 is 0 Å². The van der Waals surface area contributed by atoms with Crippen molar-refractivity contribution in [2.45, 2.75) is 39.8 Å². The van der Waals surface area contributed by atoms with Crippen LogP contribution in [0.4, 0.5) is 5.69 Å². The Kier molecular flexibility index (Phi) is 4.58. The molecule has 0 amide bonds. The quantitative estimate of drug-likeness (QED) is 0.519. The Hall–Kier alpha value is -3.48. The fourth-order valence-corrected chi connectivity index (χ4v) is 4.23. The van der Waals surface area contributed by atoms with Gasteiger partial charge in [0, 0.05) is 36.2 Å². The second-order valence-corrected chi connectivity index (χ2v) is 8.00. The van der Waals surface area contributed by atoms with E-state index in [1.54, 1.807) is 12.7 Å². The molecule has 1 aliphatic rings. The predicted molar refractivity (Wildman–Crippen MR) is 117 cm³/mol. The Balaban J connectivity index is 1.49. The summed E-state index contributed by atoms with van der Waals surface area (Å²) in [5.41, 5.74) is 6.84. The lowest BCUT2D eigenvalue weighted by Crippen LogP contribution is -2.34. The normalized spacial score (nSPS) is 13.7. The second-order valence-electron chi connectivity index (χ2n) is 8.00. The summed E-state index contributed by atoms with van der Waals surface area (Å²) in [5.74, 6) is 1.42. The number of aromatic nitrogens is 6. The maximum Gasteiger partial charge on any atom is 0.123 e. The molecule has 0 bridgehead atoms. The zero-order valence-electron chi connectivity index (χ0n) is 17.5. The van der Waals surface area contributed by atoms with Crippen molar-refractivity contribution in [3.05, 3.63) is 72.5 Å². The van der Waals surface area contributed by atoms with Gasteiger partial charge in [-0.1, -0.05) is 13.8 Å². The number of imidazole rings is 1. The molecule has 0 fully saturated rings. The third-order valence-electron chi connectivity index (χ3n) is 5.77. The van der Waals surface area contributed by atoms with Crippen molar-refractivity contribution in [2.75, 3.05) is 11.4 Å². The van der Waals surface area contributed by atoms with Crippen molar-refractivity contribution >= 4 is 5.69 Å². The zero-order chi connectivity index (χ0) is 20.7. The van der Waals surface area contributed by atoms with Crippen molar-refractivity contribution in [1.29, 1.82) is 0 Å². The molecule has 1 aromatic carbocycles. The van der Waals surface area contributed by atoms with Gasteiger partial charge in [-0.05, 0) is 49.2 Å². The van der Waals surface area contributed by atoms with Crippen molar-refractivity contribution in [3.63, 3.8) is 0 Å². The number of hydrogen-bond acceptors (Lipinski definition) is 5. The Morgan fingerprint density at radius 3 is 2.40 bits per heavy atom. The summed E-state index contributed by atoms with van der Waals surface area (Å²) in [6.45, 7) is 9.19. The summed E-state index contributed by atoms with van der Waals surface area (Å²) in [6, 6.07) is 12.7. The van der Waals surface area contributed by atoms with E-state index in [2.05, 4.69) is 75.8 Å². The van der Waals surface area contributed by atoms with Crippen LogP contribution in [0.15, 0.2) is 55.2 Å². The molecule has 30 heavy (non-hydrogen) atoms. The van der Waals surface area contributed by atoms with Crippen molar-refractivity contribution in [1.82, 2.24) is 29.3 Å². The van der Waals surface area contributed by atoms with Crippen molar-refractivity contribution in [3.8, 4) is 16.9 Å². The first-order valence-electron chi connectivity index (χ1n) is 10.3. The molecule has 152 valence electrons. The Morgan fingerprint density at radius 1 is 0.933 bits per heavy atom. The van der Waals surface area contributed by atoms with Crippen molar-refractivity contribution < 1.29 is 0 Å². The fourth-order valence-electron chi connectivity index (χ4n) is 4.23. The van der Waals surface area contributed by atoms with Gasteiger partial charge in [0.05, 0.1) is 23.6 Å². The van der Waals surface area contributed by atoms with Crippen LogP contribution in [0.5, 0.6) is 0 Å². The molecule has 7 heteroatoms. The molecule has 0 N–H and O–H groups in total. The number of benzene rings is 1. The van der Waals surface area contributed by atoms with Gasteiger partial charge in [-0.2, -0.15) is 0 Å². The Morgan fingerprint density at radius 2 is 1.67 bits per heavy atom. The maximum absolute atomic E-state index is 4.96. The first-order valence-corrected chi connectivity index (χ1v) is 10.3. The van der Waals surface area contributed by atoms with E-state index in [9.17, 15) is 0 Å². The number of nitrogens with zero attached hydrogens (tertiary/aromatic N) is 7. The van der Waals surface area contributed by atoms with Crippen LogP contribution in [0.2, 0.25) is 0 Å². The number of hydrogen-bond donors (Lipinski definition) is 0. The van der Waals surface area contributed by atoms with Gasteiger partial charge < -0.3 is 9.47 Å². The summed E-state index contributed by atoms with van der Waals surface area (Å²) >= 11 is 0. The lowest BCUT2D eigenvalue weighted by Gasteiger charge is -2.31. The zero-order valence-corrected chi connectivity index (χ0v) is 17.5. The molecule has 0 spiro atoms. The molecule has 0 saturated heterocycles. The average molecular weight is 400 g/mol. The lowest BCUT2D eigenvalue weighted by molar-refractivity contribution is 0.560. The van der Waals surface area contributed by atoms with Crippen molar-refractivity contribution in [2.24, 2.45) is 0 Å². The molecule has 5 rings (SSSR count). The number of rotatable bonds is 4. The Labute approximate surface area is 176 Å². The van der Waals surface area contributed by atoms with Crippen LogP contribution in [-0.2, 0) is 13.1 Å². The van der Waals surface area contributed by atoms with Crippen LogP contribution in [0.25, 0.3) is 16.9 Å². The van der Waals surface area contributed by atoms with E-state index in [-0.39, 0.29) is 0 Å². The topological polar surface area (TPSA) is 64.7 Å². The summed E-state index contributed by atoms with van der Waals surface area (Å²) in [7, 11) is 0. The smallest absolute Gasteiger partial charge is 0.123 e. The molecule has 0 aliphatic carbocycles. The van der Waals surface area contributed by atoms with E-state index in [1.165, 1.54) is 11.4 Å². The van der Waals surface area contributed by atoms with Crippen LogP contribution in [0, 0.1) is 6.92 Å². The number of anilines is 1. The average Bonchev–Trinajstić information content (AvgIpc) is 3.42. The van der Waals surface area contributed by atoms with Crippen LogP contribution < -0.4 is 4.90 Å². The monoisotopic (exact) mass is 399 g/mol. The highest BCUT2D eigenvalue weighted by molar-refractivity contribution is 5.67. The predicted octanol–water partition coefficient (Wildman–Crippen LogP) is 3.98. The van der Waals surface area contributed by atoms with E-state index in [1.807, 2.05) is 16.8 Å². The van der Waals surface area contributed by atoms with Gasteiger partial charge >= 0.3 is 0 Å². The molecule has 0 atom stereocenters. The first-order chi connectivity index (χ1) is 14.6. The van der Waals surface area contributed by atoms with Gasteiger partial charge in [0.1, 0.15) is 18.5 Å². The van der Waals surface area contributed by atoms with Crippen LogP contribution in [0.3, 0.4) is 0 Å².